The van der Waals surface area contributed by atoms with Gasteiger partial charge in [0.2, 0.25) is 6.23 Å². The van der Waals surface area contributed by atoms with Crippen molar-refractivity contribution < 1.29 is 14.3 Å². The van der Waals surface area contributed by atoms with Gasteiger partial charge >= 0.3 is 5.97 Å². The van der Waals surface area contributed by atoms with Crippen LogP contribution in [0.1, 0.15) is 51.3 Å². The molecule has 0 spiro atoms. The molecule has 5 aromatic rings. The number of hydrazone groups is 1. The third-order valence-electron chi connectivity index (χ3n) is 7.44. The fourth-order valence-electron chi connectivity index (χ4n) is 5.35. The van der Waals surface area contributed by atoms with Gasteiger partial charge in [0.25, 0.3) is 0 Å². The van der Waals surface area contributed by atoms with E-state index in [2.05, 4.69) is 53.5 Å². The van der Waals surface area contributed by atoms with Crippen LogP contribution in [0.5, 0.6) is 11.5 Å². The molecule has 7 rings (SSSR count). The predicted octanol–water partition coefficient (Wildman–Crippen LogP) is 7.61. The number of carbonyl (C=O) groups is 1. The molecule has 2 atom stereocenters. The van der Waals surface area contributed by atoms with E-state index in [1.807, 2.05) is 61.5 Å². The van der Waals surface area contributed by atoms with Gasteiger partial charge in [-0.3, -0.25) is 0 Å². The number of ether oxygens (including phenoxy) is 2. The zero-order chi connectivity index (χ0) is 26.3. The summed E-state index contributed by atoms with van der Waals surface area (Å²) in [4.78, 5) is 12.6. The largest absolute Gasteiger partial charge is 0.464 e. The van der Waals surface area contributed by atoms with Crippen molar-refractivity contribution in [3.05, 3.63) is 143 Å². The van der Waals surface area contributed by atoms with Gasteiger partial charge in [-0.05, 0) is 71.8 Å². The maximum atomic E-state index is 12.6. The Kier molecular flexibility index (Phi) is 5.63. The molecule has 2 aliphatic rings. The van der Waals surface area contributed by atoms with E-state index in [9.17, 15) is 4.79 Å². The van der Waals surface area contributed by atoms with Crippen molar-refractivity contribution in [2.45, 2.75) is 25.6 Å². The Labute approximate surface area is 226 Å². The molecule has 190 valence electrons. The third kappa shape index (κ3) is 4.32. The molecule has 5 heteroatoms. The lowest BCUT2D eigenvalue weighted by molar-refractivity contribution is -0.0190. The van der Waals surface area contributed by atoms with Crippen LogP contribution >= 0.6 is 0 Å². The summed E-state index contributed by atoms with van der Waals surface area (Å²) in [6.45, 7) is 1.99. The Morgan fingerprint density at radius 1 is 0.846 bits per heavy atom. The highest BCUT2D eigenvalue weighted by Crippen LogP contribution is 2.47. The summed E-state index contributed by atoms with van der Waals surface area (Å²) >= 11 is 0. The van der Waals surface area contributed by atoms with E-state index in [4.69, 9.17) is 14.6 Å². The van der Waals surface area contributed by atoms with Crippen LogP contribution in [0.4, 0.5) is 0 Å². The Morgan fingerprint density at radius 2 is 1.59 bits per heavy atom. The van der Waals surface area contributed by atoms with E-state index in [0.717, 1.165) is 40.1 Å². The van der Waals surface area contributed by atoms with Crippen LogP contribution in [0.15, 0.2) is 120 Å². The van der Waals surface area contributed by atoms with Gasteiger partial charge in [-0.25, -0.2) is 9.80 Å². The number of nitrogens with zero attached hydrogens (tertiary/aromatic N) is 2. The molecule has 0 aliphatic carbocycles. The molecule has 5 aromatic carbocycles. The number of benzene rings is 5. The standard InChI is InChI=1S/C34H26N2O3/c1-22-10-12-25(13-11-22)34(37)38-28-18-16-24(17-19-28)33-36-31(29-8-4-5-9-32(29)39-33)21-30(35-36)27-15-14-23-6-2-3-7-26(23)20-27/h2-20,31,33H,21H2,1H3. The number of rotatable bonds is 4. The molecule has 0 radical (unpaired) electrons. The first kappa shape index (κ1) is 23.2. The van der Waals surface area contributed by atoms with Crippen LogP contribution in [-0.4, -0.2) is 16.7 Å². The van der Waals surface area contributed by atoms with Crippen molar-refractivity contribution >= 4 is 22.5 Å². The summed E-state index contributed by atoms with van der Waals surface area (Å²) in [6.07, 6.45) is 0.395. The Bertz CT molecular complexity index is 1720. The second-order valence-electron chi connectivity index (χ2n) is 10.0. The Hall–Kier alpha value is -4.90. The van der Waals surface area contributed by atoms with Crippen molar-refractivity contribution in [3.63, 3.8) is 0 Å². The van der Waals surface area contributed by atoms with Crippen molar-refractivity contribution in [2.75, 3.05) is 0 Å². The van der Waals surface area contributed by atoms with Gasteiger partial charge in [-0.15, -0.1) is 0 Å². The molecular weight excluding hydrogens is 484 g/mol. The van der Waals surface area contributed by atoms with E-state index in [1.54, 1.807) is 12.1 Å². The molecule has 0 fully saturated rings. The van der Waals surface area contributed by atoms with Crippen molar-refractivity contribution in [1.29, 1.82) is 0 Å². The SMILES string of the molecule is Cc1ccc(C(=O)Oc2ccc(C3Oc4ccccc4C4CC(c5ccc6ccccc6c5)=NN43)cc2)cc1. The van der Waals surface area contributed by atoms with Crippen molar-refractivity contribution in [2.24, 2.45) is 5.10 Å². The molecule has 0 saturated carbocycles. The lowest BCUT2D eigenvalue weighted by atomic mass is 9.95. The van der Waals surface area contributed by atoms with E-state index in [-0.39, 0.29) is 12.0 Å². The summed E-state index contributed by atoms with van der Waals surface area (Å²) in [7, 11) is 0. The van der Waals surface area contributed by atoms with Gasteiger partial charge in [0.05, 0.1) is 17.3 Å². The number of hydrogen-bond donors (Lipinski definition) is 0. The fourth-order valence-corrected chi connectivity index (χ4v) is 5.35. The molecule has 0 saturated heterocycles. The zero-order valence-corrected chi connectivity index (χ0v) is 21.5. The van der Waals surface area contributed by atoms with E-state index in [0.29, 0.717) is 11.3 Å². The van der Waals surface area contributed by atoms with Crippen LogP contribution < -0.4 is 9.47 Å². The molecule has 0 bridgehead atoms. The molecule has 0 amide bonds. The second-order valence-corrected chi connectivity index (χ2v) is 10.0. The average molecular weight is 511 g/mol. The van der Waals surface area contributed by atoms with E-state index < -0.39 is 6.23 Å². The minimum atomic E-state index is -0.398. The smallest absolute Gasteiger partial charge is 0.343 e. The molecule has 0 N–H and O–H groups in total. The summed E-state index contributed by atoms with van der Waals surface area (Å²) in [5, 5.41) is 9.59. The average Bonchev–Trinajstić information content (AvgIpc) is 3.43. The van der Waals surface area contributed by atoms with Crippen LogP contribution in [-0.2, 0) is 0 Å². The fraction of sp³-hybridized carbons (Fsp3) is 0.118. The number of para-hydroxylation sites is 1. The summed E-state index contributed by atoms with van der Waals surface area (Å²) < 4.78 is 12.1. The normalized spacial score (nSPS) is 17.7. The molecule has 2 unspecified atom stereocenters. The Morgan fingerprint density at radius 3 is 2.41 bits per heavy atom. The lowest BCUT2D eigenvalue weighted by Crippen LogP contribution is -2.33. The van der Waals surface area contributed by atoms with Crippen LogP contribution in [0.25, 0.3) is 10.8 Å². The first-order valence-corrected chi connectivity index (χ1v) is 13.1. The maximum Gasteiger partial charge on any atom is 0.343 e. The Balaban J connectivity index is 1.19. The van der Waals surface area contributed by atoms with Crippen LogP contribution in [0, 0.1) is 6.92 Å². The maximum absolute atomic E-state index is 12.6. The van der Waals surface area contributed by atoms with Gasteiger partial charge in [0.15, 0.2) is 0 Å². The number of aryl methyl sites for hydroxylation is 1. The van der Waals surface area contributed by atoms with Gasteiger partial charge in [0.1, 0.15) is 11.5 Å². The predicted molar refractivity (Wildman–Crippen MR) is 152 cm³/mol. The monoisotopic (exact) mass is 510 g/mol. The zero-order valence-electron chi connectivity index (χ0n) is 21.5. The number of fused-ring (bicyclic) bond motifs is 4. The third-order valence-corrected chi connectivity index (χ3v) is 7.44. The number of carbonyl (C=O) groups excluding carboxylic acids is 1. The second kappa shape index (κ2) is 9.44. The first-order valence-electron chi connectivity index (χ1n) is 13.1. The summed E-state index contributed by atoms with van der Waals surface area (Å²) in [5.41, 5.74) is 5.85. The highest BCUT2D eigenvalue weighted by molar-refractivity contribution is 6.04. The van der Waals surface area contributed by atoms with E-state index in [1.165, 1.54) is 10.8 Å². The van der Waals surface area contributed by atoms with Crippen molar-refractivity contribution in [3.8, 4) is 11.5 Å². The highest BCUT2D eigenvalue weighted by atomic mass is 16.5. The topological polar surface area (TPSA) is 51.1 Å². The van der Waals surface area contributed by atoms with Crippen molar-refractivity contribution in [1.82, 2.24) is 5.01 Å². The molecule has 5 nitrogen and oxygen atoms in total. The first-order chi connectivity index (χ1) is 19.1. The molecular formula is C34H26N2O3. The molecule has 39 heavy (non-hydrogen) atoms. The van der Waals surface area contributed by atoms with Gasteiger partial charge in [-0.2, -0.15) is 5.10 Å². The van der Waals surface area contributed by atoms with Crippen LogP contribution in [0.3, 0.4) is 0 Å². The van der Waals surface area contributed by atoms with Gasteiger partial charge in [0, 0.05) is 17.5 Å². The number of esters is 1. The number of hydrogen-bond acceptors (Lipinski definition) is 5. The van der Waals surface area contributed by atoms with Gasteiger partial charge in [-0.1, -0.05) is 72.3 Å². The van der Waals surface area contributed by atoms with E-state index >= 15 is 0 Å². The minimum Gasteiger partial charge on any atom is -0.464 e. The molecule has 0 aromatic heterocycles. The summed E-state index contributed by atoms with van der Waals surface area (Å²) in [6, 6.07) is 38.0. The highest BCUT2D eigenvalue weighted by Gasteiger charge is 2.40. The molecule has 2 aliphatic heterocycles. The molecule has 2 heterocycles. The minimum absolute atomic E-state index is 0.0699. The van der Waals surface area contributed by atoms with Crippen LogP contribution in [0.2, 0.25) is 0 Å². The summed E-state index contributed by atoms with van der Waals surface area (Å²) in [5.74, 6) is 0.974. The van der Waals surface area contributed by atoms with Gasteiger partial charge < -0.3 is 9.47 Å². The quantitative estimate of drug-likeness (QED) is 0.184. The lowest BCUT2D eigenvalue weighted by Gasteiger charge is -2.38.